The fraction of sp³-hybridized carbons (Fsp3) is 0.667. The van der Waals surface area contributed by atoms with Crippen LogP contribution in [0.5, 0.6) is 0 Å². The standard InChI is InChI=1S/C12H20N4OS/c1-9-7-11(16(2)15-9)14-12(17)8-18-10-3-5-13-6-4-10/h7,10,13H,3-6,8H2,1-2H3,(H,14,17). The maximum atomic E-state index is 11.8. The zero-order valence-corrected chi connectivity index (χ0v) is 11.7. The Morgan fingerprint density at radius 2 is 2.33 bits per heavy atom. The number of nitrogens with zero attached hydrogens (tertiary/aromatic N) is 2. The lowest BCUT2D eigenvalue weighted by molar-refractivity contribution is -0.113. The average molecular weight is 268 g/mol. The molecule has 0 radical (unpaired) electrons. The van der Waals surface area contributed by atoms with Crippen molar-refractivity contribution in [2.75, 3.05) is 24.2 Å². The third-order valence-corrected chi connectivity index (χ3v) is 4.38. The van der Waals surface area contributed by atoms with Gasteiger partial charge in [0, 0.05) is 18.4 Å². The van der Waals surface area contributed by atoms with Crippen molar-refractivity contribution in [1.29, 1.82) is 0 Å². The van der Waals surface area contributed by atoms with Crippen LogP contribution in [0.2, 0.25) is 0 Å². The monoisotopic (exact) mass is 268 g/mol. The Kier molecular flexibility index (Phi) is 4.66. The summed E-state index contributed by atoms with van der Waals surface area (Å²) in [4.78, 5) is 11.8. The summed E-state index contributed by atoms with van der Waals surface area (Å²) in [7, 11) is 1.84. The van der Waals surface area contributed by atoms with Crippen molar-refractivity contribution < 1.29 is 4.79 Å². The van der Waals surface area contributed by atoms with E-state index in [4.69, 9.17) is 0 Å². The molecule has 0 atom stereocenters. The summed E-state index contributed by atoms with van der Waals surface area (Å²) in [6.45, 7) is 4.06. The molecule has 1 fully saturated rings. The number of carbonyl (C=O) groups excluding carboxylic acids is 1. The number of hydrogen-bond acceptors (Lipinski definition) is 4. The van der Waals surface area contributed by atoms with E-state index >= 15 is 0 Å². The highest BCUT2D eigenvalue weighted by atomic mass is 32.2. The molecule has 0 aromatic carbocycles. The second-order valence-electron chi connectivity index (χ2n) is 4.60. The Labute approximate surface area is 112 Å². The van der Waals surface area contributed by atoms with E-state index in [0.717, 1.165) is 37.4 Å². The van der Waals surface area contributed by atoms with Crippen molar-refractivity contribution in [3.05, 3.63) is 11.8 Å². The topological polar surface area (TPSA) is 59.0 Å². The van der Waals surface area contributed by atoms with Crippen LogP contribution in [-0.2, 0) is 11.8 Å². The first-order chi connectivity index (χ1) is 8.65. The predicted molar refractivity (Wildman–Crippen MR) is 74.9 cm³/mol. The Balaban J connectivity index is 1.76. The Morgan fingerprint density at radius 1 is 1.61 bits per heavy atom. The van der Waals surface area contributed by atoms with Crippen LogP contribution in [0.3, 0.4) is 0 Å². The summed E-state index contributed by atoms with van der Waals surface area (Å²) in [5.74, 6) is 1.35. The molecule has 0 bridgehead atoms. The van der Waals surface area contributed by atoms with Crippen LogP contribution in [0.1, 0.15) is 18.5 Å². The number of piperidine rings is 1. The summed E-state index contributed by atoms with van der Waals surface area (Å²) in [5, 5.41) is 11.0. The molecule has 0 saturated carbocycles. The number of nitrogens with one attached hydrogen (secondary N) is 2. The fourth-order valence-electron chi connectivity index (χ4n) is 2.06. The second kappa shape index (κ2) is 6.24. The molecular formula is C12H20N4OS. The lowest BCUT2D eigenvalue weighted by Gasteiger charge is -2.21. The summed E-state index contributed by atoms with van der Waals surface area (Å²) >= 11 is 1.76. The summed E-state index contributed by atoms with van der Waals surface area (Å²) in [6, 6.07) is 1.88. The third kappa shape index (κ3) is 3.74. The molecule has 1 amide bonds. The van der Waals surface area contributed by atoms with Gasteiger partial charge in [0.15, 0.2) is 0 Å². The molecule has 1 aliphatic heterocycles. The van der Waals surface area contributed by atoms with Crippen molar-refractivity contribution in [3.63, 3.8) is 0 Å². The van der Waals surface area contributed by atoms with Gasteiger partial charge in [-0.1, -0.05) is 0 Å². The van der Waals surface area contributed by atoms with Gasteiger partial charge in [-0.2, -0.15) is 5.10 Å². The first kappa shape index (κ1) is 13.4. The largest absolute Gasteiger partial charge is 0.317 e. The maximum Gasteiger partial charge on any atom is 0.235 e. The van der Waals surface area contributed by atoms with Crippen LogP contribution in [0, 0.1) is 6.92 Å². The lowest BCUT2D eigenvalue weighted by atomic mass is 10.2. The van der Waals surface area contributed by atoms with Crippen LogP contribution in [0.15, 0.2) is 6.07 Å². The number of carbonyl (C=O) groups is 1. The molecular weight excluding hydrogens is 248 g/mol. The van der Waals surface area contributed by atoms with Gasteiger partial charge in [-0.25, -0.2) is 0 Å². The Hall–Kier alpha value is -1.01. The molecule has 1 aliphatic rings. The number of rotatable bonds is 4. The van der Waals surface area contributed by atoms with E-state index < -0.39 is 0 Å². The number of aryl methyl sites for hydroxylation is 2. The van der Waals surface area contributed by atoms with Gasteiger partial charge in [-0.05, 0) is 32.9 Å². The van der Waals surface area contributed by atoms with E-state index in [2.05, 4.69) is 15.7 Å². The number of hydrogen-bond donors (Lipinski definition) is 2. The minimum absolute atomic E-state index is 0.0570. The maximum absolute atomic E-state index is 11.8. The van der Waals surface area contributed by atoms with E-state index in [9.17, 15) is 4.79 Å². The van der Waals surface area contributed by atoms with E-state index in [1.807, 2.05) is 20.0 Å². The average Bonchev–Trinajstić information content (AvgIpc) is 2.67. The van der Waals surface area contributed by atoms with Gasteiger partial charge < -0.3 is 10.6 Å². The summed E-state index contributed by atoms with van der Waals surface area (Å²) < 4.78 is 1.70. The van der Waals surface area contributed by atoms with E-state index in [1.54, 1.807) is 16.4 Å². The van der Waals surface area contributed by atoms with Crippen LogP contribution < -0.4 is 10.6 Å². The van der Waals surface area contributed by atoms with Crippen LogP contribution in [0.25, 0.3) is 0 Å². The van der Waals surface area contributed by atoms with Crippen molar-refractivity contribution >= 4 is 23.5 Å². The highest BCUT2D eigenvalue weighted by Crippen LogP contribution is 2.20. The molecule has 2 rings (SSSR count). The number of amides is 1. The minimum Gasteiger partial charge on any atom is -0.317 e. The van der Waals surface area contributed by atoms with Crippen molar-refractivity contribution in [2.45, 2.75) is 25.0 Å². The van der Waals surface area contributed by atoms with Crippen LogP contribution >= 0.6 is 11.8 Å². The zero-order chi connectivity index (χ0) is 13.0. The Bertz CT molecular complexity index is 412. The van der Waals surface area contributed by atoms with Gasteiger partial charge in [0.1, 0.15) is 5.82 Å². The summed E-state index contributed by atoms with van der Waals surface area (Å²) in [6.07, 6.45) is 2.31. The molecule has 5 nitrogen and oxygen atoms in total. The second-order valence-corrected chi connectivity index (χ2v) is 5.89. The van der Waals surface area contributed by atoms with E-state index in [0.29, 0.717) is 11.0 Å². The quantitative estimate of drug-likeness (QED) is 0.860. The normalized spacial score (nSPS) is 16.8. The molecule has 0 unspecified atom stereocenters. The number of thioether (sulfide) groups is 1. The van der Waals surface area contributed by atoms with Gasteiger partial charge in [-0.3, -0.25) is 9.48 Å². The first-order valence-electron chi connectivity index (χ1n) is 6.28. The molecule has 0 spiro atoms. The van der Waals surface area contributed by atoms with Gasteiger partial charge in [0.05, 0.1) is 11.4 Å². The molecule has 18 heavy (non-hydrogen) atoms. The van der Waals surface area contributed by atoms with Crippen LogP contribution in [-0.4, -0.2) is 39.8 Å². The van der Waals surface area contributed by atoms with Crippen molar-refractivity contribution in [2.24, 2.45) is 7.05 Å². The highest BCUT2D eigenvalue weighted by Gasteiger charge is 2.15. The minimum atomic E-state index is 0.0570. The smallest absolute Gasteiger partial charge is 0.235 e. The molecule has 1 aromatic heterocycles. The van der Waals surface area contributed by atoms with Crippen molar-refractivity contribution in [3.8, 4) is 0 Å². The molecule has 6 heteroatoms. The Morgan fingerprint density at radius 3 is 2.94 bits per heavy atom. The van der Waals surface area contributed by atoms with Gasteiger partial charge in [0.2, 0.25) is 5.91 Å². The molecule has 100 valence electrons. The number of aromatic nitrogens is 2. The van der Waals surface area contributed by atoms with Crippen molar-refractivity contribution in [1.82, 2.24) is 15.1 Å². The molecule has 2 N–H and O–H groups in total. The molecule has 1 aromatic rings. The third-order valence-electron chi connectivity index (χ3n) is 3.01. The zero-order valence-electron chi connectivity index (χ0n) is 10.9. The number of anilines is 1. The lowest BCUT2D eigenvalue weighted by Crippen LogP contribution is -2.30. The van der Waals surface area contributed by atoms with E-state index in [1.165, 1.54) is 0 Å². The van der Waals surface area contributed by atoms with Gasteiger partial charge in [-0.15, -0.1) is 11.8 Å². The van der Waals surface area contributed by atoms with Gasteiger partial charge >= 0.3 is 0 Å². The van der Waals surface area contributed by atoms with E-state index in [-0.39, 0.29) is 5.91 Å². The molecule has 1 saturated heterocycles. The first-order valence-corrected chi connectivity index (χ1v) is 7.33. The molecule has 0 aliphatic carbocycles. The summed E-state index contributed by atoms with van der Waals surface area (Å²) in [5.41, 5.74) is 0.916. The SMILES string of the molecule is Cc1cc(NC(=O)CSC2CCNCC2)n(C)n1. The van der Waals surface area contributed by atoms with Crippen LogP contribution in [0.4, 0.5) is 5.82 Å². The predicted octanol–water partition coefficient (Wildman–Crippen LogP) is 1.15. The highest BCUT2D eigenvalue weighted by molar-refractivity contribution is 8.00. The fourth-order valence-corrected chi connectivity index (χ4v) is 3.09. The van der Waals surface area contributed by atoms with Gasteiger partial charge in [0.25, 0.3) is 0 Å². The molecule has 2 heterocycles.